The molecule has 2 unspecified atom stereocenters. The number of thiazole rings is 1. The fraction of sp³-hybridized carbons (Fsp3) is 0.176. The number of aromatic nitrogens is 2. The summed E-state index contributed by atoms with van der Waals surface area (Å²) in [6.45, 7) is 2.04. The number of benzene rings is 3. The van der Waals surface area contributed by atoms with Crippen LogP contribution in [0.2, 0.25) is 0 Å². The molecule has 5 aromatic rings. The lowest BCUT2D eigenvalue weighted by atomic mass is 9.52. The maximum Gasteiger partial charge on any atom is 0.249 e. The van der Waals surface area contributed by atoms with E-state index in [0.717, 1.165) is 39.1 Å². The van der Waals surface area contributed by atoms with Gasteiger partial charge in [-0.3, -0.25) is 14.6 Å². The fourth-order valence-corrected chi connectivity index (χ4v) is 7.48. The van der Waals surface area contributed by atoms with Gasteiger partial charge in [0.1, 0.15) is 0 Å². The monoisotopic (exact) mass is 556 g/mol. The highest BCUT2D eigenvalue weighted by molar-refractivity contribution is 7.13. The topological polar surface area (TPSA) is 98.0 Å². The number of carbonyl (C=O) groups excluding carboxylic acids is 2. The molecular weight excluding hydrogens is 528 g/mol. The smallest absolute Gasteiger partial charge is 0.249 e. The van der Waals surface area contributed by atoms with Gasteiger partial charge in [-0.25, -0.2) is 4.98 Å². The van der Waals surface area contributed by atoms with E-state index >= 15 is 0 Å². The average Bonchev–Trinajstić information content (AvgIpc) is 3.44. The Morgan fingerprint density at radius 3 is 2.39 bits per heavy atom. The van der Waals surface area contributed by atoms with Crippen LogP contribution in [0.3, 0.4) is 0 Å². The molecule has 3 aliphatic carbocycles. The molecule has 0 saturated heterocycles. The maximum absolute atomic E-state index is 14.0. The van der Waals surface area contributed by atoms with Gasteiger partial charge in [-0.15, -0.1) is 11.3 Å². The predicted octanol–water partition coefficient (Wildman–Crippen LogP) is 6.52. The van der Waals surface area contributed by atoms with Gasteiger partial charge in [0, 0.05) is 41.6 Å². The van der Waals surface area contributed by atoms with Crippen LogP contribution in [0.15, 0.2) is 96.6 Å². The number of nitrogens with zero attached hydrogens (tertiary/aromatic N) is 2. The third-order valence-electron chi connectivity index (χ3n) is 8.66. The zero-order valence-corrected chi connectivity index (χ0v) is 23.3. The fourth-order valence-electron chi connectivity index (χ4n) is 6.77. The van der Waals surface area contributed by atoms with E-state index in [0.29, 0.717) is 23.5 Å². The lowest BCUT2D eigenvalue weighted by Crippen LogP contribution is -2.47. The third-order valence-corrected chi connectivity index (χ3v) is 9.46. The van der Waals surface area contributed by atoms with Crippen LogP contribution >= 0.6 is 11.3 Å². The maximum atomic E-state index is 14.0. The molecule has 2 heterocycles. The van der Waals surface area contributed by atoms with E-state index in [1.54, 1.807) is 18.5 Å². The summed E-state index contributed by atoms with van der Waals surface area (Å²) in [5, 5.41) is 5.75. The lowest BCUT2D eigenvalue weighted by molar-refractivity contribution is -0.126. The predicted molar refractivity (Wildman–Crippen MR) is 161 cm³/mol. The van der Waals surface area contributed by atoms with Crippen LogP contribution in [-0.4, -0.2) is 21.8 Å². The van der Waals surface area contributed by atoms with Crippen LogP contribution < -0.4 is 11.1 Å². The molecule has 3 atom stereocenters. The Labute approximate surface area is 242 Å². The Morgan fingerprint density at radius 2 is 1.63 bits per heavy atom. The molecule has 6 nitrogen and oxygen atoms in total. The summed E-state index contributed by atoms with van der Waals surface area (Å²) in [5.74, 6) is -0.746. The lowest BCUT2D eigenvalue weighted by Gasteiger charge is -2.51. The summed E-state index contributed by atoms with van der Waals surface area (Å²) in [6.07, 6.45) is 4.87. The molecule has 0 radical (unpaired) electrons. The van der Waals surface area contributed by atoms with Gasteiger partial charge in [-0.05, 0) is 70.5 Å². The Hall–Kier alpha value is -4.62. The van der Waals surface area contributed by atoms with E-state index in [9.17, 15) is 9.59 Å². The van der Waals surface area contributed by atoms with Crippen LogP contribution in [0.5, 0.6) is 0 Å². The van der Waals surface area contributed by atoms with Crippen molar-refractivity contribution < 1.29 is 9.59 Å². The first kappa shape index (κ1) is 25.4. The highest BCUT2D eigenvalue weighted by Crippen LogP contribution is 2.61. The molecule has 0 fully saturated rings. The summed E-state index contributed by atoms with van der Waals surface area (Å²) in [5.41, 5.74) is 14.3. The number of anilines is 1. The first-order valence-electron chi connectivity index (χ1n) is 13.7. The molecule has 2 amide bonds. The van der Waals surface area contributed by atoms with Crippen molar-refractivity contribution in [1.29, 1.82) is 0 Å². The normalized spacial score (nSPS) is 20.2. The van der Waals surface area contributed by atoms with Crippen LogP contribution in [0.4, 0.5) is 5.13 Å². The van der Waals surface area contributed by atoms with Crippen molar-refractivity contribution in [3.63, 3.8) is 0 Å². The molecule has 0 spiro atoms. The zero-order valence-electron chi connectivity index (χ0n) is 22.5. The standard InChI is InChI=1S/C34H28N4O2S/c1-34(18-28-24-5-2-3-6-25(24)30(34)26-7-4-8-27(29(26)28)31(35)39)32(40)38-33-37-23(19-41-33)17-20-9-11-21(12-10-20)22-13-15-36-16-14-22/h2-16,19,28,30H,17-18H2,1H3,(H2,35,39)(H,37,38,40)/t28?,30-,34?/m1/s1. The first-order valence-corrected chi connectivity index (χ1v) is 14.6. The minimum atomic E-state index is -0.711. The Bertz CT molecular complexity index is 1800. The van der Waals surface area contributed by atoms with Crippen LogP contribution in [-0.2, 0) is 11.2 Å². The molecule has 0 aliphatic heterocycles. The van der Waals surface area contributed by atoms with E-state index in [1.807, 2.05) is 48.7 Å². The van der Waals surface area contributed by atoms with E-state index < -0.39 is 11.3 Å². The number of amides is 2. The van der Waals surface area contributed by atoms with Gasteiger partial charge < -0.3 is 11.1 Å². The number of nitrogens with two attached hydrogens (primary N) is 1. The molecule has 0 saturated carbocycles. The molecule has 8 rings (SSSR count). The minimum absolute atomic E-state index is 0.0558. The number of pyridine rings is 1. The molecule has 3 N–H and O–H groups in total. The number of nitrogens with one attached hydrogen (secondary N) is 1. The van der Waals surface area contributed by atoms with Crippen molar-refractivity contribution in [2.45, 2.75) is 31.6 Å². The number of primary amides is 1. The molecule has 202 valence electrons. The van der Waals surface area contributed by atoms with E-state index in [1.165, 1.54) is 16.9 Å². The minimum Gasteiger partial charge on any atom is -0.366 e. The third kappa shape index (κ3) is 4.24. The van der Waals surface area contributed by atoms with Gasteiger partial charge in [-0.1, -0.05) is 60.7 Å². The Kier molecular flexibility index (Phi) is 6.05. The quantitative estimate of drug-likeness (QED) is 0.249. The number of fused-ring (bicyclic) bond motifs is 1. The Balaban J connectivity index is 1.13. The summed E-state index contributed by atoms with van der Waals surface area (Å²) in [7, 11) is 0. The largest absolute Gasteiger partial charge is 0.366 e. The van der Waals surface area contributed by atoms with Crippen molar-refractivity contribution in [1.82, 2.24) is 9.97 Å². The summed E-state index contributed by atoms with van der Waals surface area (Å²) >= 11 is 1.45. The SMILES string of the molecule is CC1(C(=O)Nc2nc(Cc3ccc(-c4ccncc4)cc3)cs2)CC2c3ccccc3[C@@H]1c1cccc(C(N)=O)c12. The van der Waals surface area contributed by atoms with Gasteiger partial charge in [0.15, 0.2) is 5.13 Å². The van der Waals surface area contributed by atoms with E-state index in [-0.39, 0.29) is 17.7 Å². The van der Waals surface area contributed by atoms with Crippen molar-refractivity contribution in [2.75, 3.05) is 5.32 Å². The Morgan fingerprint density at radius 1 is 0.927 bits per heavy atom. The molecular formula is C34H28N4O2S. The van der Waals surface area contributed by atoms with E-state index in [2.05, 4.69) is 46.7 Å². The molecule has 3 aliphatic rings. The second-order valence-corrected chi connectivity index (χ2v) is 12.0. The van der Waals surface area contributed by atoms with Crippen LogP contribution in [0.1, 0.15) is 69.0 Å². The van der Waals surface area contributed by atoms with Crippen LogP contribution in [0.25, 0.3) is 11.1 Å². The van der Waals surface area contributed by atoms with Gasteiger partial charge in [0.2, 0.25) is 11.8 Å². The second kappa shape index (κ2) is 9.78. The average molecular weight is 557 g/mol. The highest BCUT2D eigenvalue weighted by atomic mass is 32.1. The van der Waals surface area contributed by atoms with Crippen molar-refractivity contribution in [3.05, 3.63) is 136 Å². The van der Waals surface area contributed by atoms with Gasteiger partial charge in [-0.2, -0.15) is 0 Å². The van der Waals surface area contributed by atoms with Crippen molar-refractivity contribution in [2.24, 2.45) is 11.1 Å². The molecule has 7 heteroatoms. The first-order chi connectivity index (χ1) is 19.9. The van der Waals surface area contributed by atoms with Gasteiger partial charge >= 0.3 is 0 Å². The second-order valence-electron chi connectivity index (χ2n) is 11.1. The number of rotatable bonds is 6. The van der Waals surface area contributed by atoms with Gasteiger partial charge in [0.05, 0.1) is 11.1 Å². The number of hydrogen-bond donors (Lipinski definition) is 2. The zero-order chi connectivity index (χ0) is 28.1. The summed E-state index contributed by atoms with van der Waals surface area (Å²) in [6, 6.07) is 26.4. The van der Waals surface area contributed by atoms with Gasteiger partial charge in [0.25, 0.3) is 0 Å². The summed E-state index contributed by atoms with van der Waals surface area (Å²) in [4.78, 5) is 35.2. The highest BCUT2D eigenvalue weighted by Gasteiger charge is 2.54. The van der Waals surface area contributed by atoms with E-state index in [4.69, 9.17) is 10.7 Å². The number of carbonyl (C=O) groups is 2. The van der Waals surface area contributed by atoms with Crippen molar-refractivity contribution in [3.8, 4) is 11.1 Å². The molecule has 2 aromatic heterocycles. The van der Waals surface area contributed by atoms with Crippen LogP contribution in [0, 0.1) is 5.41 Å². The number of hydrogen-bond acceptors (Lipinski definition) is 5. The van der Waals surface area contributed by atoms with Crippen molar-refractivity contribution >= 4 is 28.3 Å². The molecule has 41 heavy (non-hydrogen) atoms. The summed E-state index contributed by atoms with van der Waals surface area (Å²) < 4.78 is 0. The molecule has 2 bridgehead atoms. The molecule has 3 aromatic carbocycles.